The zero-order valence-electron chi connectivity index (χ0n) is 23.7. The van der Waals surface area contributed by atoms with Crippen LogP contribution in [-0.2, 0) is 6.42 Å². The number of hydrogen-bond donors (Lipinski definition) is 0. The number of hydrogen-bond acceptors (Lipinski definition) is 3. The number of carbonyl (C=O) groups is 1. The molecule has 0 saturated heterocycles. The Morgan fingerprint density at radius 2 is 1.23 bits per heavy atom. The summed E-state index contributed by atoms with van der Waals surface area (Å²) < 4.78 is 54.2. The lowest BCUT2D eigenvalue weighted by atomic mass is 9.99. The third-order valence-electron chi connectivity index (χ3n) is 7.03. The molecule has 3 aromatic carbocycles. The topological polar surface area (TPSA) is 35.5 Å². The minimum atomic E-state index is -1.27. The van der Waals surface area contributed by atoms with Gasteiger partial charge in [0.25, 0.3) is 0 Å². The van der Waals surface area contributed by atoms with E-state index in [2.05, 4.69) is 13.8 Å². The van der Waals surface area contributed by atoms with Gasteiger partial charge in [-0.25, -0.2) is 9.18 Å². The lowest BCUT2D eigenvalue weighted by molar-refractivity contribution is 0.0726. The molecule has 0 amide bonds. The fraction of sp³-hybridized carbons (Fsp3) is 0.441. The second kappa shape index (κ2) is 16.7. The second-order valence-corrected chi connectivity index (χ2v) is 10.2. The molecule has 0 aromatic heterocycles. The van der Waals surface area contributed by atoms with Crippen molar-refractivity contribution in [1.29, 1.82) is 0 Å². The van der Waals surface area contributed by atoms with Gasteiger partial charge in [0.05, 0.1) is 12.2 Å². The fourth-order valence-electron chi connectivity index (χ4n) is 4.58. The number of aryl methyl sites for hydroxylation is 1. The van der Waals surface area contributed by atoms with E-state index in [1.165, 1.54) is 56.0 Å². The van der Waals surface area contributed by atoms with Crippen molar-refractivity contribution in [1.82, 2.24) is 0 Å². The predicted octanol–water partition coefficient (Wildman–Crippen LogP) is 10.2. The van der Waals surface area contributed by atoms with Crippen LogP contribution in [0.3, 0.4) is 0 Å². The number of ether oxygens (including phenoxy) is 2. The van der Waals surface area contributed by atoms with E-state index in [1.54, 1.807) is 12.1 Å². The van der Waals surface area contributed by atoms with Gasteiger partial charge in [0.2, 0.25) is 11.6 Å². The van der Waals surface area contributed by atoms with Gasteiger partial charge in [0, 0.05) is 0 Å². The first-order valence-corrected chi connectivity index (χ1v) is 14.7. The van der Waals surface area contributed by atoms with E-state index in [-0.39, 0.29) is 17.1 Å². The molecule has 0 atom stereocenters. The maximum absolute atomic E-state index is 14.7. The SMILES string of the molecule is CCCCCCCCOc1ccc(OC(=O)c2ccc(-c3ccc(CCCCCCC)c(F)c3)cc2)c(F)c1F. The van der Waals surface area contributed by atoms with Crippen LogP contribution < -0.4 is 9.47 Å². The normalized spacial score (nSPS) is 11.0. The molecular formula is C34H41F3O3. The number of halogens is 3. The summed E-state index contributed by atoms with van der Waals surface area (Å²) >= 11 is 0. The molecule has 216 valence electrons. The second-order valence-electron chi connectivity index (χ2n) is 10.2. The molecule has 0 spiro atoms. The molecule has 3 aromatic rings. The summed E-state index contributed by atoms with van der Waals surface area (Å²) in [5, 5.41) is 0. The van der Waals surface area contributed by atoms with Gasteiger partial charge in [-0.15, -0.1) is 0 Å². The zero-order valence-corrected chi connectivity index (χ0v) is 23.7. The van der Waals surface area contributed by atoms with Crippen LogP contribution in [0.2, 0.25) is 0 Å². The Morgan fingerprint density at radius 1 is 0.650 bits per heavy atom. The Kier molecular flexibility index (Phi) is 13.1. The van der Waals surface area contributed by atoms with Gasteiger partial charge in [0.1, 0.15) is 5.82 Å². The van der Waals surface area contributed by atoms with Crippen molar-refractivity contribution in [3.05, 3.63) is 83.2 Å². The van der Waals surface area contributed by atoms with Crippen molar-refractivity contribution >= 4 is 5.97 Å². The van der Waals surface area contributed by atoms with E-state index in [9.17, 15) is 18.0 Å². The van der Waals surface area contributed by atoms with Crippen molar-refractivity contribution in [2.45, 2.75) is 90.9 Å². The van der Waals surface area contributed by atoms with Crippen molar-refractivity contribution in [2.24, 2.45) is 0 Å². The smallest absolute Gasteiger partial charge is 0.343 e. The van der Waals surface area contributed by atoms with Gasteiger partial charge in [-0.2, -0.15) is 8.78 Å². The van der Waals surface area contributed by atoms with Crippen molar-refractivity contribution in [3.8, 4) is 22.6 Å². The van der Waals surface area contributed by atoms with Crippen molar-refractivity contribution in [3.63, 3.8) is 0 Å². The summed E-state index contributed by atoms with van der Waals surface area (Å²) in [4.78, 5) is 12.6. The molecule has 0 fully saturated rings. The first-order chi connectivity index (χ1) is 19.4. The highest BCUT2D eigenvalue weighted by atomic mass is 19.2. The average Bonchev–Trinajstić information content (AvgIpc) is 2.96. The molecule has 0 aliphatic heterocycles. The van der Waals surface area contributed by atoms with Crippen LogP contribution in [0.1, 0.15) is 100 Å². The van der Waals surface area contributed by atoms with Gasteiger partial charge in [-0.1, -0.05) is 95.9 Å². The summed E-state index contributed by atoms with van der Waals surface area (Å²) in [6, 6.07) is 14.0. The lowest BCUT2D eigenvalue weighted by Gasteiger charge is -2.11. The molecule has 0 saturated carbocycles. The molecule has 6 heteroatoms. The highest BCUT2D eigenvalue weighted by Crippen LogP contribution is 2.29. The first kappa shape index (κ1) is 31.3. The number of benzene rings is 3. The minimum Gasteiger partial charge on any atom is -0.490 e. The summed E-state index contributed by atoms with van der Waals surface area (Å²) in [5.41, 5.74) is 2.29. The van der Waals surface area contributed by atoms with Crippen molar-refractivity contribution in [2.75, 3.05) is 6.61 Å². The van der Waals surface area contributed by atoms with Gasteiger partial charge in [-0.05, 0) is 66.3 Å². The molecule has 0 radical (unpaired) electrons. The summed E-state index contributed by atoms with van der Waals surface area (Å²) in [6.45, 7) is 4.61. The van der Waals surface area contributed by atoms with Gasteiger partial charge < -0.3 is 9.47 Å². The third kappa shape index (κ3) is 9.42. The molecule has 0 heterocycles. The van der Waals surface area contributed by atoms with Gasteiger partial charge in [-0.3, -0.25) is 0 Å². The molecule has 0 aliphatic carbocycles. The van der Waals surface area contributed by atoms with E-state index in [4.69, 9.17) is 9.47 Å². The first-order valence-electron chi connectivity index (χ1n) is 14.7. The van der Waals surface area contributed by atoms with Crippen LogP contribution in [-0.4, -0.2) is 12.6 Å². The van der Waals surface area contributed by atoms with Crippen LogP contribution in [0.4, 0.5) is 13.2 Å². The molecule has 3 nitrogen and oxygen atoms in total. The summed E-state index contributed by atoms with van der Waals surface area (Å²) in [5.74, 6) is -4.23. The van der Waals surface area contributed by atoms with E-state index in [1.807, 2.05) is 12.1 Å². The zero-order chi connectivity index (χ0) is 28.7. The monoisotopic (exact) mass is 554 g/mol. The van der Waals surface area contributed by atoms with E-state index >= 15 is 0 Å². The molecular weight excluding hydrogens is 513 g/mol. The van der Waals surface area contributed by atoms with E-state index in [0.717, 1.165) is 50.5 Å². The summed E-state index contributed by atoms with van der Waals surface area (Å²) in [6.07, 6.45) is 12.7. The summed E-state index contributed by atoms with van der Waals surface area (Å²) in [7, 11) is 0. The van der Waals surface area contributed by atoms with Crippen LogP contribution in [0, 0.1) is 17.5 Å². The third-order valence-corrected chi connectivity index (χ3v) is 7.03. The van der Waals surface area contributed by atoms with Crippen LogP contribution in [0.25, 0.3) is 11.1 Å². The van der Waals surface area contributed by atoms with E-state index in [0.29, 0.717) is 24.2 Å². The van der Waals surface area contributed by atoms with Crippen LogP contribution >= 0.6 is 0 Å². The fourth-order valence-corrected chi connectivity index (χ4v) is 4.58. The largest absolute Gasteiger partial charge is 0.490 e. The Labute approximate surface area is 236 Å². The molecule has 3 rings (SSSR count). The van der Waals surface area contributed by atoms with Crippen LogP contribution in [0.15, 0.2) is 54.6 Å². The minimum absolute atomic E-state index is 0.163. The standard InChI is InChI=1S/C34H41F3O3/c1-3-5-7-9-11-13-23-39-30-21-22-31(33(37)32(30)36)40-34(38)27-18-15-25(16-19-27)28-20-17-26(29(35)24-28)14-12-10-8-6-4-2/h15-22,24H,3-14,23H2,1-2H3. The van der Waals surface area contributed by atoms with Gasteiger partial charge in [0.15, 0.2) is 11.5 Å². The lowest BCUT2D eigenvalue weighted by Crippen LogP contribution is -2.10. The molecule has 0 aliphatic rings. The number of unbranched alkanes of at least 4 members (excludes halogenated alkanes) is 9. The average molecular weight is 555 g/mol. The maximum Gasteiger partial charge on any atom is 0.343 e. The number of esters is 1. The highest BCUT2D eigenvalue weighted by Gasteiger charge is 2.19. The molecule has 40 heavy (non-hydrogen) atoms. The molecule has 0 bridgehead atoms. The van der Waals surface area contributed by atoms with Crippen LogP contribution in [0.5, 0.6) is 11.5 Å². The molecule has 0 N–H and O–H groups in total. The predicted molar refractivity (Wildman–Crippen MR) is 154 cm³/mol. The quantitative estimate of drug-likeness (QED) is 0.0946. The Morgan fingerprint density at radius 3 is 1.90 bits per heavy atom. The van der Waals surface area contributed by atoms with E-state index < -0.39 is 23.4 Å². The highest BCUT2D eigenvalue weighted by molar-refractivity contribution is 5.91. The number of rotatable bonds is 17. The Bertz CT molecular complexity index is 1210. The maximum atomic E-state index is 14.7. The Balaban J connectivity index is 1.54. The number of carbonyl (C=O) groups excluding carboxylic acids is 1. The van der Waals surface area contributed by atoms with Crippen molar-refractivity contribution < 1.29 is 27.4 Å². The Hall–Kier alpha value is -3.28. The van der Waals surface area contributed by atoms with Gasteiger partial charge >= 0.3 is 5.97 Å². The molecule has 0 unspecified atom stereocenters.